The van der Waals surface area contributed by atoms with Gasteiger partial charge < -0.3 is 14.8 Å². The molecule has 0 saturated carbocycles. The lowest BCUT2D eigenvalue weighted by Crippen LogP contribution is -2.29. The summed E-state index contributed by atoms with van der Waals surface area (Å²) in [5, 5.41) is 20.2. The molecule has 0 fully saturated rings. The summed E-state index contributed by atoms with van der Waals surface area (Å²) in [6, 6.07) is 24.5. The number of methoxy groups -OCH3 is 1. The number of aromatic nitrogens is 1. The minimum Gasteiger partial charge on any atom is -0.465 e. The number of hydrogen-bond acceptors (Lipinski definition) is 7. The van der Waals surface area contributed by atoms with Gasteiger partial charge in [-0.1, -0.05) is 52.3 Å². The zero-order valence-electron chi connectivity index (χ0n) is 25.9. The van der Waals surface area contributed by atoms with Crippen molar-refractivity contribution in [1.29, 1.82) is 0 Å². The molecule has 0 saturated heterocycles. The molecule has 7 rings (SSSR count). The number of rotatable bonds is 6. The normalized spacial score (nSPS) is 12.2. The van der Waals surface area contributed by atoms with Crippen LogP contribution in [0.5, 0.6) is 0 Å². The maximum atomic E-state index is 14.6. The van der Waals surface area contributed by atoms with Gasteiger partial charge in [-0.2, -0.15) is 11.3 Å². The monoisotopic (exact) mass is 756 g/mol. The van der Waals surface area contributed by atoms with Crippen LogP contribution >= 0.6 is 27.3 Å². The van der Waals surface area contributed by atoms with E-state index in [4.69, 9.17) is 16.6 Å². The molecule has 1 aliphatic rings. The zero-order chi connectivity index (χ0) is 34.9. The Morgan fingerprint density at radius 1 is 1.00 bits per heavy atom. The number of benzene rings is 4. The molecule has 246 valence electrons. The lowest BCUT2D eigenvalue weighted by atomic mass is 9.80. The van der Waals surface area contributed by atoms with Gasteiger partial charge in [0, 0.05) is 26.5 Å². The van der Waals surface area contributed by atoms with Gasteiger partial charge in [0.2, 0.25) is 5.00 Å². The molecule has 49 heavy (non-hydrogen) atoms. The number of carbonyl (C=O) groups is 1. The molecular weight excluding hydrogens is 730 g/mol. The molecule has 2 aromatic heterocycles. The number of ether oxygens (including phenoxy) is 1. The quantitative estimate of drug-likeness (QED) is 0.104. The molecule has 2 N–H and O–H groups in total. The molecule has 0 radical (unpaired) electrons. The van der Waals surface area contributed by atoms with Crippen LogP contribution in [0.2, 0.25) is 0 Å². The number of nitrogens with zero attached hydrogens (tertiary/aromatic N) is 2. The molecule has 0 unspecified atom stereocenters. The second-order valence-corrected chi connectivity index (χ2v) is 14.8. The van der Waals surface area contributed by atoms with E-state index in [0.29, 0.717) is 49.3 Å². The fourth-order valence-electron chi connectivity index (χ4n) is 5.96. The largest absolute Gasteiger partial charge is 0.488 e. The molecule has 0 amide bonds. The molecule has 2 heterocycles. The fourth-order valence-corrected chi connectivity index (χ4v) is 8.64. The number of carbonyl (C=O) groups excluding carboxylic acids is 1. The third kappa shape index (κ3) is 6.70. The van der Waals surface area contributed by atoms with Crippen LogP contribution < -0.4 is 5.46 Å². The summed E-state index contributed by atoms with van der Waals surface area (Å²) in [4.78, 5) is 14.8. The van der Waals surface area contributed by atoms with Crippen molar-refractivity contribution in [3.8, 4) is 22.4 Å². The number of aryl methyl sites for hydroxylation is 2. The van der Waals surface area contributed by atoms with Crippen molar-refractivity contribution in [2.24, 2.45) is 0 Å². The van der Waals surface area contributed by atoms with Gasteiger partial charge in [0.05, 0.1) is 35.4 Å². The van der Waals surface area contributed by atoms with E-state index >= 15 is 0 Å². The van der Waals surface area contributed by atoms with Crippen LogP contribution in [0.4, 0.5) is 9.39 Å². The summed E-state index contributed by atoms with van der Waals surface area (Å²) in [6.45, 7) is 7.67. The predicted octanol–water partition coefficient (Wildman–Crippen LogP) is 7.37. The Morgan fingerprint density at radius 3 is 2.45 bits per heavy atom. The minimum atomic E-state index is -4.08. The Kier molecular flexibility index (Phi) is 9.88. The third-order valence-corrected chi connectivity index (χ3v) is 11.2. The van der Waals surface area contributed by atoms with E-state index in [-0.39, 0.29) is 4.90 Å². The lowest BCUT2D eigenvalue weighted by Gasteiger charge is -2.15. The van der Waals surface area contributed by atoms with Crippen molar-refractivity contribution < 1.29 is 32.4 Å². The van der Waals surface area contributed by atoms with Crippen molar-refractivity contribution in [3.05, 3.63) is 135 Å². The van der Waals surface area contributed by atoms with Crippen LogP contribution in [0.15, 0.2) is 106 Å². The van der Waals surface area contributed by atoms with Gasteiger partial charge in [-0.15, -0.1) is 0 Å². The average Bonchev–Trinajstić information content (AvgIpc) is 3.85. The van der Waals surface area contributed by atoms with Gasteiger partial charge in [-0.25, -0.2) is 26.4 Å². The highest BCUT2D eigenvalue weighted by Crippen LogP contribution is 2.48. The van der Waals surface area contributed by atoms with Crippen molar-refractivity contribution in [2.75, 3.05) is 7.11 Å². The predicted molar refractivity (Wildman–Crippen MR) is 193 cm³/mol. The second kappa shape index (κ2) is 14.1. The highest BCUT2D eigenvalue weighted by molar-refractivity contribution is 9.10. The van der Waals surface area contributed by atoms with Crippen molar-refractivity contribution in [1.82, 2.24) is 3.97 Å². The number of thiophene rings is 1. The van der Waals surface area contributed by atoms with Gasteiger partial charge in [-0.05, 0) is 95.8 Å². The molecule has 13 heteroatoms. The Labute approximate surface area is 295 Å². The topological polar surface area (TPSA) is 110 Å². The van der Waals surface area contributed by atoms with Crippen LogP contribution in [-0.4, -0.2) is 42.6 Å². The van der Waals surface area contributed by atoms with E-state index in [0.717, 1.165) is 29.3 Å². The molecular formula is C36H27BBrFN2O6S2. The maximum Gasteiger partial charge on any atom is 0.488 e. The molecule has 1 aliphatic carbocycles. The molecule has 8 nitrogen and oxygen atoms in total. The average molecular weight is 757 g/mol. The van der Waals surface area contributed by atoms with Crippen LogP contribution in [0.1, 0.15) is 27.9 Å². The van der Waals surface area contributed by atoms with Crippen molar-refractivity contribution in [2.45, 2.75) is 24.2 Å². The highest BCUT2D eigenvalue weighted by atomic mass is 79.9. The lowest BCUT2D eigenvalue weighted by molar-refractivity contribution is 0.0600. The van der Waals surface area contributed by atoms with Crippen LogP contribution in [0, 0.1) is 12.4 Å². The van der Waals surface area contributed by atoms with Gasteiger partial charge in [-0.3, -0.25) is 0 Å². The van der Waals surface area contributed by atoms with Gasteiger partial charge in [0.15, 0.2) is 0 Å². The van der Waals surface area contributed by atoms with Gasteiger partial charge >= 0.3 is 13.1 Å². The number of halogens is 2. The smallest absolute Gasteiger partial charge is 0.465 e. The molecule has 0 spiro atoms. The van der Waals surface area contributed by atoms with E-state index in [1.807, 2.05) is 30.3 Å². The third-order valence-electron chi connectivity index (χ3n) is 8.24. The zero-order valence-corrected chi connectivity index (χ0v) is 29.1. The Balaban J connectivity index is 0.000000271. The first kappa shape index (κ1) is 34.3. The van der Waals surface area contributed by atoms with E-state index in [2.05, 4.69) is 25.5 Å². The van der Waals surface area contributed by atoms with Gasteiger partial charge in [0.1, 0.15) is 5.82 Å². The van der Waals surface area contributed by atoms with Crippen LogP contribution in [0.3, 0.4) is 0 Å². The Hall–Kier alpha value is -4.58. The molecule has 0 bridgehead atoms. The van der Waals surface area contributed by atoms with E-state index < -0.39 is 28.9 Å². The van der Waals surface area contributed by atoms with Gasteiger partial charge in [0.25, 0.3) is 10.0 Å². The summed E-state index contributed by atoms with van der Waals surface area (Å²) in [5.41, 5.74) is 5.48. The van der Waals surface area contributed by atoms with Crippen molar-refractivity contribution in [3.63, 3.8) is 0 Å². The standard InChI is InChI=1S/C28H18BrFN2O2S2.C8H9BO4/c1-31-28-23(12-13-35-28)26-24-16-21(30)9-11-25(24)32(27(26)19-6-3-7-20(29)14-19)36(33,34)22-10-8-17-4-2-5-18(17)15-22;1-13-8(10)6-2-4-7(5-3-6)9(11)12/h3,6-16H,2,4-5H2;2-5,11-12H,1H3. The second-order valence-electron chi connectivity index (χ2n) is 11.2. The highest BCUT2D eigenvalue weighted by Gasteiger charge is 2.31. The van der Waals surface area contributed by atoms with E-state index in [9.17, 15) is 17.6 Å². The van der Waals surface area contributed by atoms with E-state index in [1.54, 1.807) is 23.6 Å². The number of esters is 1. The first-order valence-corrected chi connectivity index (χ1v) is 18.1. The van der Waals surface area contributed by atoms with Crippen LogP contribution in [-0.2, 0) is 27.6 Å². The number of hydrogen-bond donors (Lipinski definition) is 2. The molecule has 0 aliphatic heterocycles. The summed E-state index contributed by atoms with van der Waals surface area (Å²) in [7, 11) is -4.30. The molecule has 4 aromatic carbocycles. The Morgan fingerprint density at radius 2 is 1.76 bits per heavy atom. The van der Waals surface area contributed by atoms with Crippen molar-refractivity contribution >= 4 is 71.7 Å². The minimum absolute atomic E-state index is 0.197. The molecule has 0 atom stereocenters. The maximum absolute atomic E-state index is 14.6. The number of fused-ring (bicyclic) bond motifs is 2. The fraction of sp³-hybridized carbons (Fsp3) is 0.111. The first-order chi connectivity index (χ1) is 23.5. The summed E-state index contributed by atoms with van der Waals surface area (Å²) in [6.07, 6.45) is 2.81. The summed E-state index contributed by atoms with van der Waals surface area (Å²) in [5.74, 6) is -0.921. The summed E-state index contributed by atoms with van der Waals surface area (Å²) >= 11 is 4.78. The molecule has 6 aromatic rings. The summed E-state index contributed by atoms with van der Waals surface area (Å²) < 4.78 is 49.9. The Bertz CT molecular complexity index is 2370. The van der Waals surface area contributed by atoms with Crippen LogP contribution in [0.25, 0.3) is 38.1 Å². The van der Waals surface area contributed by atoms with E-state index in [1.165, 1.54) is 70.4 Å². The first-order valence-electron chi connectivity index (χ1n) is 15.0. The SMILES string of the molecule is COC(=O)c1ccc(B(O)O)cc1.[C-]#[N+]c1sccc1-c1c(-c2cccc(Br)c2)n(S(=O)(=O)c2ccc3c(c2)CCC3)c2ccc(F)cc12.